The van der Waals surface area contributed by atoms with Crippen LogP contribution in [0.3, 0.4) is 0 Å². The summed E-state index contributed by atoms with van der Waals surface area (Å²) in [6, 6.07) is 9.85. The zero-order valence-electron chi connectivity index (χ0n) is 15.2. The van der Waals surface area contributed by atoms with Crippen LogP contribution in [0.2, 0.25) is 0 Å². The Kier molecular flexibility index (Phi) is 6.37. The molecule has 0 aliphatic carbocycles. The molecule has 0 aliphatic heterocycles. The molecule has 1 aromatic rings. The van der Waals surface area contributed by atoms with E-state index in [1.54, 1.807) is 0 Å². The van der Waals surface area contributed by atoms with Gasteiger partial charge in [-0.05, 0) is 12.0 Å². The second-order valence-corrected chi connectivity index (χ2v) is 8.07. The molecule has 23 heavy (non-hydrogen) atoms. The summed E-state index contributed by atoms with van der Waals surface area (Å²) in [6.07, 6.45) is 0.688. The largest absolute Gasteiger partial charge is 0.354 e. The summed E-state index contributed by atoms with van der Waals surface area (Å²) in [7, 11) is 0. The highest BCUT2D eigenvalue weighted by atomic mass is 16.2. The van der Waals surface area contributed by atoms with Crippen LogP contribution in [0.15, 0.2) is 30.3 Å². The maximum Gasteiger partial charge on any atom is 0.225 e. The van der Waals surface area contributed by atoms with Gasteiger partial charge in [-0.3, -0.25) is 9.59 Å². The molecule has 4 nitrogen and oxygen atoms in total. The Morgan fingerprint density at radius 3 is 1.91 bits per heavy atom. The van der Waals surface area contributed by atoms with Gasteiger partial charge in [0, 0.05) is 17.4 Å². The van der Waals surface area contributed by atoms with E-state index in [1.165, 1.54) is 0 Å². The number of nitrogens with one attached hydrogen (secondary N) is 2. The van der Waals surface area contributed by atoms with Crippen LogP contribution >= 0.6 is 0 Å². The number of amides is 2. The highest BCUT2D eigenvalue weighted by Gasteiger charge is 2.26. The van der Waals surface area contributed by atoms with Gasteiger partial charge in [0.25, 0.3) is 0 Å². The fraction of sp³-hybridized carbons (Fsp3) is 0.579. The topological polar surface area (TPSA) is 58.2 Å². The van der Waals surface area contributed by atoms with Crippen molar-refractivity contribution in [3.05, 3.63) is 35.9 Å². The van der Waals surface area contributed by atoms with Crippen LogP contribution in [0.5, 0.6) is 0 Å². The van der Waals surface area contributed by atoms with Gasteiger partial charge in [0.2, 0.25) is 11.8 Å². The van der Waals surface area contributed by atoms with E-state index in [0.29, 0.717) is 13.0 Å². The molecule has 1 aromatic carbocycles. The maximum absolute atomic E-state index is 12.3. The van der Waals surface area contributed by atoms with E-state index in [0.717, 1.165) is 5.56 Å². The lowest BCUT2D eigenvalue weighted by Gasteiger charge is -2.26. The number of carbonyl (C=O) groups excluding carboxylic acids is 2. The third kappa shape index (κ3) is 6.85. The quantitative estimate of drug-likeness (QED) is 0.877. The Morgan fingerprint density at radius 2 is 1.43 bits per heavy atom. The van der Waals surface area contributed by atoms with Crippen LogP contribution in [-0.2, 0) is 16.0 Å². The number of rotatable bonds is 5. The van der Waals surface area contributed by atoms with Crippen LogP contribution < -0.4 is 10.6 Å². The van der Waals surface area contributed by atoms with E-state index in [2.05, 4.69) is 10.6 Å². The smallest absolute Gasteiger partial charge is 0.225 e. The summed E-state index contributed by atoms with van der Waals surface area (Å²) in [5, 5.41) is 6.00. The maximum atomic E-state index is 12.3. The molecule has 128 valence electrons. The van der Waals surface area contributed by atoms with E-state index in [9.17, 15) is 9.59 Å². The molecule has 0 radical (unpaired) electrons. The van der Waals surface area contributed by atoms with Crippen molar-refractivity contribution in [2.24, 2.45) is 10.8 Å². The molecule has 1 rings (SSSR count). The lowest BCUT2D eigenvalue weighted by Crippen LogP contribution is -2.49. The average molecular weight is 318 g/mol. The minimum absolute atomic E-state index is 0.0107. The molecule has 1 atom stereocenters. The van der Waals surface area contributed by atoms with Gasteiger partial charge in [-0.25, -0.2) is 0 Å². The predicted molar refractivity (Wildman–Crippen MR) is 94.0 cm³/mol. The van der Waals surface area contributed by atoms with Crippen molar-refractivity contribution in [3.8, 4) is 0 Å². The molecule has 0 aromatic heterocycles. The summed E-state index contributed by atoms with van der Waals surface area (Å²) in [4.78, 5) is 24.4. The van der Waals surface area contributed by atoms with Crippen molar-refractivity contribution in [2.45, 2.75) is 54.0 Å². The van der Waals surface area contributed by atoms with Gasteiger partial charge in [0.05, 0.1) is 6.04 Å². The van der Waals surface area contributed by atoms with E-state index in [1.807, 2.05) is 71.9 Å². The van der Waals surface area contributed by atoms with Gasteiger partial charge in [-0.1, -0.05) is 71.9 Å². The zero-order chi connectivity index (χ0) is 17.7. The summed E-state index contributed by atoms with van der Waals surface area (Å²) < 4.78 is 0. The molecule has 0 heterocycles. The molecule has 0 fully saturated rings. The molecule has 0 unspecified atom stereocenters. The van der Waals surface area contributed by atoms with E-state index in [4.69, 9.17) is 0 Å². The second kappa shape index (κ2) is 7.62. The molecule has 0 saturated carbocycles. The highest BCUT2D eigenvalue weighted by Crippen LogP contribution is 2.15. The Balaban J connectivity index is 2.76. The van der Waals surface area contributed by atoms with E-state index < -0.39 is 10.8 Å². The minimum atomic E-state index is -0.455. The van der Waals surface area contributed by atoms with Crippen molar-refractivity contribution in [1.29, 1.82) is 0 Å². The molecule has 0 spiro atoms. The van der Waals surface area contributed by atoms with Gasteiger partial charge in [-0.15, -0.1) is 0 Å². The fourth-order valence-corrected chi connectivity index (χ4v) is 1.96. The number of hydrogen-bond acceptors (Lipinski definition) is 2. The first-order valence-corrected chi connectivity index (χ1v) is 8.13. The van der Waals surface area contributed by atoms with Gasteiger partial charge in [0.1, 0.15) is 0 Å². The zero-order valence-corrected chi connectivity index (χ0v) is 15.2. The number of hydrogen-bond donors (Lipinski definition) is 2. The van der Waals surface area contributed by atoms with Crippen LogP contribution in [0.1, 0.15) is 47.1 Å². The van der Waals surface area contributed by atoms with Gasteiger partial charge in [0.15, 0.2) is 0 Å². The average Bonchev–Trinajstić information content (AvgIpc) is 2.43. The SMILES string of the molecule is CC(C)(C)C(=O)NC[C@H](Cc1ccccc1)NC(=O)C(C)(C)C. The monoisotopic (exact) mass is 318 g/mol. The van der Waals surface area contributed by atoms with Crippen LogP contribution in [0.4, 0.5) is 0 Å². The van der Waals surface area contributed by atoms with Crippen molar-refractivity contribution in [1.82, 2.24) is 10.6 Å². The van der Waals surface area contributed by atoms with Crippen LogP contribution in [-0.4, -0.2) is 24.4 Å². The molecule has 2 amide bonds. The minimum Gasteiger partial charge on any atom is -0.354 e. The molecule has 2 N–H and O–H groups in total. The highest BCUT2D eigenvalue weighted by molar-refractivity contribution is 5.82. The third-order valence-corrected chi connectivity index (χ3v) is 3.53. The second-order valence-electron chi connectivity index (χ2n) is 8.07. The molecule has 0 saturated heterocycles. The van der Waals surface area contributed by atoms with Gasteiger partial charge < -0.3 is 10.6 Å². The van der Waals surface area contributed by atoms with Crippen LogP contribution in [0, 0.1) is 10.8 Å². The first-order chi connectivity index (χ1) is 10.5. The molecule has 0 bridgehead atoms. The number of carbonyl (C=O) groups is 2. The summed E-state index contributed by atoms with van der Waals surface area (Å²) in [5.74, 6) is -0.0241. The molecular formula is C19H30N2O2. The third-order valence-electron chi connectivity index (χ3n) is 3.53. The van der Waals surface area contributed by atoms with Crippen molar-refractivity contribution in [2.75, 3.05) is 6.54 Å². The number of benzene rings is 1. The van der Waals surface area contributed by atoms with Gasteiger partial charge in [-0.2, -0.15) is 0 Å². The lowest BCUT2D eigenvalue weighted by atomic mass is 9.94. The Morgan fingerprint density at radius 1 is 0.913 bits per heavy atom. The standard InChI is InChI=1S/C19H30N2O2/c1-18(2,3)16(22)20-13-15(21-17(23)19(4,5)6)12-14-10-8-7-9-11-14/h7-11,15H,12-13H2,1-6H3,(H,20,22)(H,21,23)/t15-/m0/s1. The lowest BCUT2D eigenvalue weighted by molar-refractivity contribution is -0.131. The van der Waals surface area contributed by atoms with E-state index >= 15 is 0 Å². The summed E-state index contributed by atoms with van der Waals surface area (Å²) >= 11 is 0. The summed E-state index contributed by atoms with van der Waals surface area (Å²) in [5.41, 5.74) is 0.241. The molecular weight excluding hydrogens is 288 g/mol. The van der Waals surface area contributed by atoms with E-state index in [-0.39, 0.29) is 17.9 Å². The molecule has 0 aliphatic rings. The van der Waals surface area contributed by atoms with Gasteiger partial charge >= 0.3 is 0 Å². The van der Waals surface area contributed by atoms with Crippen LogP contribution in [0.25, 0.3) is 0 Å². The first-order valence-electron chi connectivity index (χ1n) is 8.13. The normalized spacial score (nSPS) is 13.3. The van der Waals surface area contributed by atoms with Crippen molar-refractivity contribution in [3.63, 3.8) is 0 Å². The Labute approximate surface area is 140 Å². The first kappa shape index (κ1) is 19.2. The van der Waals surface area contributed by atoms with Crippen molar-refractivity contribution >= 4 is 11.8 Å². The molecule has 4 heteroatoms. The predicted octanol–water partition coefficient (Wildman–Crippen LogP) is 2.92. The van der Waals surface area contributed by atoms with Crippen molar-refractivity contribution < 1.29 is 9.59 Å². The fourth-order valence-electron chi connectivity index (χ4n) is 1.96. The Hall–Kier alpha value is -1.84. The summed E-state index contributed by atoms with van der Waals surface area (Å²) in [6.45, 7) is 11.7. The Bertz CT molecular complexity index is 525.